The molecule has 14 heavy (non-hydrogen) atoms. The summed E-state index contributed by atoms with van der Waals surface area (Å²) < 4.78 is 2.21. The van der Waals surface area contributed by atoms with Gasteiger partial charge in [0.1, 0.15) is 0 Å². The summed E-state index contributed by atoms with van der Waals surface area (Å²) in [6.45, 7) is 0. The fourth-order valence-corrected chi connectivity index (χ4v) is 4.32. The first-order valence-corrected chi connectivity index (χ1v) is 5.97. The summed E-state index contributed by atoms with van der Waals surface area (Å²) in [5.74, 6) is 0. The van der Waals surface area contributed by atoms with Crippen LogP contribution in [0.5, 0.6) is 0 Å². The van der Waals surface area contributed by atoms with Crippen LogP contribution < -0.4 is 37.2 Å². The second-order valence-electron chi connectivity index (χ2n) is 2.28. The van der Waals surface area contributed by atoms with E-state index in [1.165, 1.54) is 50.9 Å². The molecule has 76 valence electrons. The molecule has 1 aliphatic carbocycles. The zero-order valence-corrected chi connectivity index (χ0v) is 13.6. The summed E-state index contributed by atoms with van der Waals surface area (Å²) in [6.07, 6.45) is 4.17. The van der Waals surface area contributed by atoms with Gasteiger partial charge in [-0.2, -0.15) is 0 Å². The Balaban J connectivity index is 0. The Morgan fingerprint density at radius 1 is 1.21 bits per heavy atom. The van der Waals surface area contributed by atoms with Crippen LogP contribution in [0.25, 0.3) is 0 Å². The summed E-state index contributed by atoms with van der Waals surface area (Å²) in [6, 6.07) is 0. The first-order valence-electron chi connectivity index (χ1n) is 3.05. The fourth-order valence-electron chi connectivity index (χ4n) is 1.12. The van der Waals surface area contributed by atoms with Crippen LogP contribution in [0.15, 0.2) is 30.9 Å². The smallest absolute Gasteiger partial charge is 1.00 e. The molecule has 0 nitrogen and oxygen atoms in total. The van der Waals surface area contributed by atoms with Gasteiger partial charge in [0.15, 0.2) is 0 Å². The topological polar surface area (TPSA) is 0 Å². The summed E-state index contributed by atoms with van der Waals surface area (Å²) in [4.78, 5) is 0. The molecule has 0 bridgehead atoms. The van der Waals surface area contributed by atoms with Crippen molar-refractivity contribution in [2.24, 2.45) is 0 Å². The van der Waals surface area contributed by atoms with Crippen LogP contribution in [0.1, 0.15) is 0 Å². The van der Waals surface area contributed by atoms with E-state index < -0.39 is 0 Å². The van der Waals surface area contributed by atoms with E-state index in [2.05, 4.69) is 12.2 Å². The minimum Gasteiger partial charge on any atom is -1.00 e. The number of fused-ring (bicyclic) bond motifs is 1. The van der Waals surface area contributed by atoms with Crippen molar-refractivity contribution in [3.05, 3.63) is 30.9 Å². The van der Waals surface area contributed by atoms with E-state index in [1.807, 2.05) is 0 Å². The van der Waals surface area contributed by atoms with E-state index in [1.54, 1.807) is 0 Å². The SMILES string of the molecule is ClC1=C2[C]([Zr+3])=CC=C2C(Cl)S1.[Cl-].[Cl-].[Cl-]. The maximum Gasteiger partial charge on any atom is -1.00 e. The summed E-state index contributed by atoms with van der Waals surface area (Å²) >= 11 is 14.9. The van der Waals surface area contributed by atoms with Crippen LogP contribution >= 0.6 is 35.0 Å². The Hall–Kier alpha value is 1.90. The average Bonchev–Trinajstić information content (AvgIpc) is 2.41. The van der Waals surface area contributed by atoms with E-state index in [0.29, 0.717) is 0 Å². The summed E-state index contributed by atoms with van der Waals surface area (Å²) in [5.41, 5.74) is 2.38. The number of allylic oxidation sites excluding steroid dienone is 4. The van der Waals surface area contributed by atoms with Gasteiger partial charge in [-0.05, 0) is 0 Å². The molecule has 7 heteroatoms. The Morgan fingerprint density at radius 2 is 1.79 bits per heavy atom. The number of alkyl halides is 1. The number of rotatable bonds is 0. The molecule has 0 fully saturated rings. The minimum atomic E-state index is 0. The van der Waals surface area contributed by atoms with Gasteiger partial charge in [0.2, 0.25) is 0 Å². The second-order valence-corrected chi connectivity index (χ2v) is 6.02. The molecule has 1 heterocycles. The van der Waals surface area contributed by atoms with Crippen molar-refractivity contribution >= 4 is 35.0 Å². The predicted octanol–water partition coefficient (Wildman–Crippen LogP) is -5.87. The third-order valence-corrected chi connectivity index (χ3v) is 4.49. The molecule has 0 aromatic rings. The number of thioether (sulfide) groups is 1. The Bertz CT molecular complexity index is 306. The zero-order chi connectivity index (χ0) is 8.01. The Morgan fingerprint density at radius 3 is 2.29 bits per heavy atom. The molecule has 0 amide bonds. The van der Waals surface area contributed by atoms with Gasteiger partial charge in [-0.15, -0.1) is 0 Å². The van der Waals surface area contributed by atoms with E-state index in [9.17, 15) is 0 Å². The van der Waals surface area contributed by atoms with E-state index in [4.69, 9.17) is 23.2 Å². The third kappa shape index (κ3) is 3.20. The van der Waals surface area contributed by atoms with Crippen molar-refractivity contribution in [2.75, 3.05) is 0 Å². The summed E-state index contributed by atoms with van der Waals surface area (Å²) in [5, 5.41) is 0. The van der Waals surface area contributed by atoms with Crippen LogP contribution in [-0.4, -0.2) is 4.71 Å². The molecule has 1 atom stereocenters. The molecule has 2 rings (SSSR count). The van der Waals surface area contributed by atoms with Crippen LogP contribution in [0.2, 0.25) is 0 Å². The van der Waals surface area contributed by atoms with Crippen LogP contribution in [0, 0.1) is 0 Å². The Labute approximate surface area is 131 Å². The van der Waals surface area contributed by atoms with Gasteiger partial charge in [0.25, 0.3) is 0 Å². The molecule has 0 saturated carbocycles. The third-order valence-electron chi connectivity index (χ3n) is 1.64. The average molecular weight is 388 g/mol. The van der Waals surface area contributed by atoms with Crippen molar-refractivity contribution in [1.82, 2.24) is 0 Å². The molecule has 0 spiro atoms. The quantitative estimate of drug-likeness (QED) is 0.373. The first-order chi connectivity index (χ1) is 5.20. The largest absolute Gasteiger partial charge is 1.00 e. The monoisotopic (exact) mass is 384 g/mol. The van der Waals surface area contributed by atoms with Gasteiger partial charge in [0.05, 0.1) is 0 Å². The van der Waals surface area contributed by atoms with E-state index >= 15 is 0 Å². The second kappa shape index (κ2) is 7.27. The van der Waals surface area contributed by atoms with Crippen molar-refractivity contribution in [2.45, 2.75) is 4.71 Å². The van der Waals surface area contributed by atoms with Gasteiger partial charge in [-0.3, -0.25) is 0 Å². The van der Waals surface area contributed by atoms with Gasteiger partial charge in [-0.1, -0.05) is 0 Å². The fraction of sp³-hybridized carbons (Fsp3) is 0.143. The molecular weight excluding hydrogens is 385 g/mol. The van der Waals surface area contributed by atoms with Gasteiger partial charge < -0.3 is 37.2 Å². The molecule has 0 N–H and O–H groups in total. The predicted molar refractivity (Wildman–Crippen MR) is 46.3 cm³/mol. The first kappa shape index (κ1) is 18.3. The molecular formula is C7H3Cl5SZr. The van der Waals surface area contributed by atoms with Crippen LogP contribution in [-0.2, 0) is 24.7 Å². The standard InChI is InChI=1S/C7H3Cl2S.3ClH.Zr/c8-6-4-2-1-3-5(4)7(9)10-6;;;;/h1-2,6H;3*1H;/q;;;;+3/p-3. The number of hydrogen-bond acceptors (Lipinski definition) is 1. The molecule has 0 aromatic carbocycles. The van der Waals surface area contributed by atoms with E-state index in [0.717, 1.165) is 4.36 Å². The van der Waals surface area contributed by atoms with Gasteiger partial charge >= 0.3 is 95.3 Å². The summed E-state index contributed by atoms with van der Waals surface area (Å²) in [7, 11) is 0. The molecule has 1 aliphatic heterocycles. The van der Waals surface area contributed by atoms with Crippen LogP contribution in [0.4, 0.5) is 0 Å². The maximum atomic E-state index is 6.02. The van der Waals surface area contributed by atoms with Gasteiger partial charge in [-0.25, -0.2) is 0 Å². The molecule has 0 aromatic heterocycles. The van der Waals surface area contributed by atoms with Crippen molar-refractivity contribution < 1.29 is 61.9 Å². The van der Waals surface area contributed by atoms with E-state index in [-0.39, 0.29) is 41.9 Å². The van der Waals surface area contributed by atoms with Gasteiger partial charge in [0, 0.05) is 0 Å². The Kier molecular flexibility index (Phi) is 9.49. The zero-order valence-electron chi connectivity index (χ0n) is 6.53. The molecule has 2 aliphatic rings. The molecule has 0 radical (unpaired) electrons. The van der Waals surface area contributed by atoms with Crippen LogP contribution in [0.3, 0.4) is 0 Å². The van der Waals surface area contributed by atoms with Crippen molar-refractivity contribution in [3.63, 3.8) is 0 Å². The maximum absolute atomic E-state index is 6.02. The number of hydrogen-bond donors (Lipinski definition) is 0. The molecule has 0 saturated heterocycles. The normalized spacial score (nSPS) is 22.7. The number of halogens is 5. The van der Waals surface area contributed by atoms with Crippen molar-refractivity contribution in [3.8, 4) is 0 Å². The van der Waals surface area contributed by atoms with Crippen molar-refractivity contribution in [1.29, 1.82) is 0 Å². The minimum absolute atomic E-state index is 0. The molecule has 1 unspecified atom stereocenters.